The summed E-state index contributed by atoms with van der Waals surface area (Å²) in [4.78, 5) is 15.5. The van der Waals surface area contributed by atoms with Crippen LogP contribution in [0.4, 0.5) is 0 Å². The summed E-state index contributed by atoms with van der Waals surface area (Å²) in [6.45, 7) is 8.43. The highest BCUT2D eigenvalue weighted by atomic mass is 28.3. The zero-order valence-electron chi connectivity index (χ0n) is 16.4. The van der Waals surface area contributed by atoms with Crippen molar-refractivity contribution in [3.8, 4) is 23.0 Å². The molecule has 6 heteroatoms. The Morgan fingerprint density at radius 3 is 2.48 bits per heavy atom. The lowest BCUT2D eigenvalue weighted by molar-refractivity contribution is -0.138. The Balaban J connectivity index is 2.29. The largest absolute Gasteiger partial charge is 0.497 e. The van der Waals surface area contributed by atoms with Crippen LogP contribution in [0.3, 0.4) is 0 Å². The maximum atomic E-state index is 11.3. The van der Waals surface area contributed by atoms with Gasteiger partial charge in [-0.2, -0.15) is 0 Å². The zero-order chi connectivity index (χ0) is 20.0. The lowest BCUT2D eigenvalue weighted by Crippen LogP contribution is -2.16. The molecular formula is C21H25NO4Si. The number of benzene rings is 1. The normalized spacial score (nSPS) is 11.9. The third kappa shape index (κ3) is 6.15. The summed E-state index contributed by atoms with van der Waals surface area (Å²) in [5, 5.41) is 9.24. The molecule has 2 rings (SSSR count). The molecule has 1 aromatic heterocycles. The molecule has 0 aliphatic heterocycles. The first-order valence-corrected chi connectivity index (χ1v) is 12.2. The standard InChI is InChI=1S/C21H25NO4Si/c1-15(21(23)24)19-12-17(10-11-27(3,4)5)20(13-22-19)26-14-16-6-8-18(25-2)9-7-16/h6-9,12-13,15H,14H2,1-5H3,(H,23,24). The minimum Gasteiger partial charge on any atom is -0.497 e. The minimum atomic E-state index is -1.59. The van der Waals surface area contributed by atoms with E-state index in [2.05, 4.69) is 36.1 Å². The third-order valence-corrected chi connectivity index (χ3v) is 4.70. The fourth-order valence-electron chi connectivity index (χ4n) is 2.17. The van der Waals surface area contributed by atoms with E-state index in [1.807, 2.05) is 24.3 Å². The van der Waals surface area contributed by atoms with Crippen LogP contribution in [0.25, 0.3) is 0 Å². The molecule has 0 fully saturated rings. The fourth-order valence-corrected chi connectivity index (χ4v) is 2.68. The third-order valence-electron chi connectivity index (χ3n) is 3.83. The van der Waals surface area contributed by atoms with Crippen molar-refractivity contribution in [1.29, 1.82) is 0 Å². The van der Waals surface area contributed by atoms with Crippen LogP contribution in [0, 0.1) is 11.5 Å². The zero-order valence-corrected chi connectivity index (χ0v) is 17.4. The van der Waals surface area contributed by atoms with Crippen molar-refractivity contribution in [3.05, 3.63) is 53.3 Å². The predicted octanol–water partition coefficient (Wildman–Crippen LogP) is 4.09. The van der Waals surface area contributed by atoms with Gasteiger partial charge in [-0.05, 0) is 30.7 Å². The minimum absolute atomic E-state index is 0.362. The maximum absolute atomic E-state index is 11.3. The number of carboxylic acid groups (broad SMARTS) is 1. The van der Waals surface area contributed by atoms with Gasteiger partial charge in [-0.3, -0.25) is 9.78 Å². The number of nitrogens with zero attached hydrogens (tertiary/aromatic N) is 1. The van der Waals surface area contributed by atoms with Crippen LogP contribution in [-0.2, 0) is 11.4 Å². The Labute approximate surface area is 161 Å². The van der Waals surface area contributed by atoms with E-state index in [1.165, 1.54) is 0 Å². The molecule has 2 aromatic rings. The van der Waals surface area contributed by atoms with E-state index in [1.54, 1.807) is 26.3 Å². The number of aliphatic carboxylic acids is 1. The monoisotopic (exact) mass is 383 g/mol. The highest BCUT2D eigenvalue weighted by Gasteiger charge is 2.17. The number of ether oxygens (including phenoxy) is 2. The lowest BCUT2D eigenvalue weighted by atomic mass is 10.1. The Morgan fingerprint density at radius 1 is 1.26 bits per heavy atom. The van der Waals surface area contributed by atoms with Crippen molar-refractivity contribution in [1.82, 2.24) is 4.98 Å². The van der Waals surface area contributed by atoms with Gasteiger partial charge in [0.05, 0.1) is 30.5 Å². The molecule has 0 aliphatic carbocycles. The number of aromatic nitrogens is 1. The van der Waals surface area contributed by atoms with Crippen LogP contribution in [0.1, 0.15) is 29.7 Å². The van der Waals surface area contributed by atoms with E-state index in [9.17, 15) is 9.90 Å². The van der Waals surface area contributed by atoms with Crippen LogP contribution in [-0.4, -0.2) is 31.2 Å². The van der Waals surface area contributed by atoms with Gasteiger partial charge in [0.25, 0.3) is 0 Å². The molecule has 0 spiro atoms. The average Bonchev–Trinajstić information content (AvgIpc) is 2.64. The molecule has 1 atom stereocenters. The van der Waals surface area contributed by atoms with Crippen molar-refractivity contribution in [2.24, 2.45) is 0 Å². The molecule has 142 valence electrons. The molecule has 1 heterocycles. The summed E-state index contributed by atoms with van der Waals surface area (Å²) in [6, 6.07) is 9.33. The van der Waals surface area contributed by atoms with Crippen molar-refractivity contribution < 1.29 is 19.4 Å². The molecule has 0 radical (unpaired) electrons. The second kappa shape index (κ2) is 8.74. The quantitative estimate of drug-likeness (QED) is 0.601. The molecule has 0 saturated carbocycles. The van der Waals surface area contributed by atoms with Gasteiger partial charge in [0.2, 0.25) is 0 Å². The summed E-state index contributed by atoms with van der Waals surface area (Å²) in [5.41, 5.74) is 5.43. The van der Waals surface area contributed by atoms with E-state index in [4.69, 9.17) is 9.47 Å². The Morgan fingerprint density at radius 2 is 1.93 bits per heavy atom. The second-order valence-corrected chi connectivity index (χ2v) is 12.1. The van der Waals surface area contributed by atoms with Gasteiger partial charge < -0.3 is 14.6 Å². The number of pyridine rings is 1. The number of hydrogen-bond donors (Lipinski definition) is 1. The first-order valence-electron chi connectivity index (χ1n) is 8.71. The second-order valence-electron chi connectivity index (χ2n) is 7.30. The fraction of sp³-hybridized carbons (Fsp3) is 0.333. The average molecular weight is 384 g/mol. The van der Waals surface area contributed by atoms with Gasteiger partial charge >= 0.3 is 5.97 Å². The number of hydrogen-bond acceptors (Lipinski definition) is 4. The SMILES string of the molecule is COc1ccc(COc2cnc(C(C)C(=O)O)cc2C#C[Si](C)(C)C)cc1. The molecule has 1 aromatic carbocycles. The van der Waals surface area contributed by atoms with Crippen molar-refractivity contribution in [2.45, 2.75) is 39.1 Å². The molecule has 1 N–H and O–H groups in total. The maximum Gasteiger partial charge on any atom is 0.312 e. The summed E-state index contributed by atoms with van der Waals surface area (Å²) < 4.78 is 11.1. The molecule has 5 nitrogen and oxygen atoms in total. The summed E-state index contributed by atoms with van der Waals surface area (Å²) >= 11 is 0. The molecular weight excluding hydrogens is 358 g/mol. The van der Waals surface area contributed by atoms with Crippen LogP contribution < -0.4 is 9.47 Å². The predicted molar refractivity (Wildman–Crippen MR) is 108 cm³/mol. The molecule has 0 bridgehead atoms. The van der Waals surface area contributed by atoms with Gasteiger partial charge in [0.1, 0.15) is 20.4 Å². The van der Waals surface area contributed by atoms with Crippen molar-refractivity contribution in [3.63, 3.8) is 0 Å². The number of rotatable bonds is 6. The van der Waals surface area contributed by atoms with Gasteiger partial charge in [-0.1, -0.05) is 37.7 Å². The molecule has 0 aliphatic rings. The van der Waals surface area contributed by atoms with E-state index < -0.39 is 20.0 Å². The van der Waals surface area contributed by atoms with Gasteiger partial charge in [0.15, 0.2) is 5.75 Å². The topological polar surface area (TPSA) is 68.7 Å². The highest BCUT2D eigenvalue weighted by molar-refractivity contribution is 6.83. The smallest absolute Gasteiger partial charge is 0.312 e. The van der Waals surface area contributed by atoms with Crippen molar-refractivity contribution >= 4 is 14.0 Å². The Kier molecular flexibility index (Phi) is 6.64. The summed E-state index contributed by atoms with van der Waals surface area (Å²) in [6.07, 6.45) is 1.56. The van der Waals surface area contributed by atoms with E-state index in [-0.39, 0.29) is 0 Å². The number of carbonyl (C=O) groups is 1. The Bertz CT molecular complexity index is 860. The summed E-state index contributed by atoms with van der Waals surface area (Å²) in [7, 11) is 0.0313. The van der Waals surface area contributed by atoms with E-state index in [0.717, 1.165) is 11.3 Å². The van der Waals surface area contributed by atoms with Gasteiger partial charge in [0, 0.05) is 0 Å². The number of carboxylic acids is 1. The van der Waals surface area contributed by atoms with Gasteiger partial charge in [-0.25, -0.2) is 0 Å². The number of methoxy groups -OCH3 is 1. The molecule has 1 unspecified atom stereocenters. The Hall–Kier alpha value is -2.78. The van der Waals surface area contributed by atoms with Crippen LogP contribution in [0.15, 0.2) is 36.5 Å². The first-order chi connectivity index (χ1) is 12.7. The molecule has 0 amide bonds. The summed E-state index contributed by atoms with van der Waals surface area (Å²) in [5.74, 6) is 2.90. The first kappa shape index (κ1) is 20.5. The van der Waals surface area contributed by atoms with Crippen LogP contribution in [0.5, 0.6) is 11.5 Å². The van der Waals surface area contributed by atoms with Crippen molar-refractivity contribution in [2.75, 3.05) is 7.11 Å². The van der Waals surface area contributed by atoms with Crippen LogP contribution in [0.2, 0.25) is 19.6 Å². The van der Waals surface area contributed by atoms with E-state index in [0.29, 0.717) is 23.6 Å². The molecule has 27 heavy (non-hydrogen) atoms. The van der Waals surface area contributed by atoms with E-state index >= 15 is 0 Å². The van der Waals surface area contributed by atoms with Gasteiger partial charge in [-0.15, -0.1) is 5.54 Å². The van der Waals surface area contributed by atoms with Crippen LogP contribution >= 0.6 is 0 Å². The molecule has 0 saturated heterocycles. The lowest BCUT2D eigenvalue weighted by Gasteiger charge is -2.12. The highest BCUT2D eigenvalue weighted by Crippen LogP contribution is 2.23.